The minimum atomic E-state index is -0.396. The number of nitrogens with two attached hydrogens (primary N) is 1. The molecule has 1 aromatic carbocycles. The van der Waals surface area contributed by atoms with Gasteiger partial charge in [0.05, 0.1) is 23.5 Å². The molecule has 2 rings (SSSR count). The second-order valence-corrected chi connectivity index (χ2v) is 3.94. The second-order valence-electron chi connectivity index (χ2n) is 3.94. The first kappa shape index (κ1) is 12.6. The Morgan fingerprint density at radius 1 is 1.42 bits per heavy atom. The number of esters is 1. The van der Waals surface area contributed by atoms with Crippen molar-refractivity contribution in [3.05, 3.63) is 47.8 Å². The number of anilines is 1. The third-order valence-corrected chi connectivity index (χ3v) is 2.43. The van der Waals surface area contributed by atoms with Crippen molar-refractivity contribution in [2.75, 3.05) is 5.73 Å². The van der Waals surface area contributed by atoms with Crippen LogP contribution in [0.3, 0.4) is 0 Å². The lowest BCUT2D eigenvalue weighted by Gasteiger charge is -2.05. The molecule has 0 spiro atoms. The molecule has 0 aliphatic rings. The van der Waals surface area contributed by atoms with E-state index in [1.165, 1.54) is 10.9 Å². The van der Waals surface area contributed by atoms with E-state index in [0.29, 0.717) is 11.3 Å². The van der Waals surface area contributed by atoms with Gasteiger partial charge in [-0.15, -0.1) is 0 Å². The van der Waals surface area contributed by atoms with Gasteiger partial charge in [0.15, 0.2) is 0 Å². The predicted octanol–water partition coefficient (Wildman–Crippen LogP) is 1.08. The summed E-state index contributed by atoms with van der Waals surface area (Å²) in [6, 6.07) is 8.87. The molecule has 0 unspecified atom stereocenters. The van der Waals surface area contributed by atoms with Crippen molar-refractivity contribution >= 4 is 11.7 Å². The molecule has 0 radical (unpaired) electrons. The Kier molecular flexibility index (Phi) is 3.78. The van der Waals surface area contributed by atoms with Gasteiger partial charge < -0.3 is 10.5 Å². The lowest BCUT2D eigenvalue weighted by atomic mass is 10.2. The van der Waals surface area contributed by atoms with Crippen molar-refractivity contribution in [3.8, 4) is 6.07 Å². The van der Waals surface area contributed by atoms with E-state index in [2.05, 4.69) is 5.10 Å². The average molecular weight is 256 g/mol. The maximum atomic E-state index is 11.5. The van der Waals surface area contributed by atoms with Crippen molar-refractivity contribution in [1.82, 2.24) is 9.78 Å². The number of hydrogen-bond acceptors (Lipinski definition) is 5. The fraction of sp³-hybridized carbons (Fsp3) is 0.154. The zero-order chi connectivity index (χ0) is 13.7. The Morgan fingerprint density at radius 2 is 2.16 bits per heavy atom. The molecule has 1 heterocycles. The van der Waals surface area contributed by atoms with Crippen molar-refractivity contribution in [2.45, 2.75) is 13.2 Å². The summed E-state index contributed by atoms with van der Waals surface area (Å²) in [5, 5.41) is 12.5. The number of rotatable bonds is 4. The zero-order valence-corrected chi connectivity index (χ0v) is 10.1. The Balaban J connectivity index is 1.84. The van der Waals surface area contributed by atoms with Gasteiger partial charge in [-0.2, -0.15) is 10.4 Å². The van der Waals surface area contributed by atoms with Gasteiger partial charge in [0.25, 0.3) is 0 Å². The van der Waals surface area contributed by atoms with Crippen LogP contribution in [0.4, 0.5) is 5.69 Å². The number of carbonyl (C=O) groups is 1. The standard InChI is InChI=1S/C13H12N4O2/c14-5-10-1-3-11(4-2-10)9-19-13(18)8-17-7-12(15)6-16-17/h1-4,6-7H,8-9,15H2. The molecule has 0 saturated heterocycles. The van der Waals surface area contributed by atoms with Crippen LogP contribution in [0.2, 0.25) is 0 Å². The Hall–Kier alpha value is -2.81. The summed E-state index contributed by atoms with van der Waals surface area (Å²) in [7, 11) is 0. The van der Waals surface area contributed by atoms with Gasteiger partial charge in [0, 0.05) is 6.20 Å². The Bertz CT molecular complexity index is 610. The minimum Gasteiger partial charge on any atom is -0.459 e. The van der Waals surface area contributed by atoms with Gasteiger partial charge in [0.2, 0.25) is 0 Å². The van der Waals surface area contributed by atoms with Gasteiger partial charge in [-0.25, -0.2) is 0 Å². The highest BCUT2D eigenvalue weighted by Crippen LogP contribution is 2.05. The normalized spacial score (nSPS) is 9.84. The quantitative estimate of drug-likeness (QED) is 0.826. The summed E-state index contributed by atoms with van der Waals surface area (Å²) < 4.78 is 6.50. The summed E-state index contributed by atoms with van der Waals surface area (Å²) >= 11 is 0. The molecule has 0 aliphatic heterocycles. The number of carbonyl (C=O) groups excluding carboxylic acids is 1. The second kappa shape index (κ2) is 5.69. The summed E-state index contributed by atoms with van der Waals surface area (Å²) in [4.78, 5) is 11.5. The molecule has 0 atom stereocenters. The van der Waals surface area contributed by atoms with Crippen LogP contribution in [0.1, 0.15) is 11.1 Å². The molecule has 1 aromatic heterocycles. The summed E-state index contributed by atoms with van der Waals surface area (Å²) in [5.74, 6) is -0.396. The molecule has 6 nitrogen and oxygen atoms in total. The van der Waals surface area contributed by atoms with Gasteiger partial charge in [-0.1, -0.05) is 12.1 Å². The maximum absolute atomic E-state index is 11.5. The topological polar surface area (TPSA) is 93.9 Å². The van der Waals surface area contributed by atoms with E-state index >= 15 is 0 Å². The lowest BCUT2D eigenvalue weighted by molar-refractivity contribution is -0.145. The molecule has 2 N–H and O–H groups in total. The van der Waals surface area contributed by atoms with Crippen molar-refractivity contribution in [1.29, 1.82) is 5.26 Å². The van der Waals surface area contributed by atoms with Gasteiger partial charge in [0.1, 0.15) is 13.2 Å². The van der Waals surface area contributed by atoms with Crippen LogP contribution < -0.4 is 5.73 Å². The number of nitrogens with zero attached hydrogens (tertiary/aromatic N) is 3. The summed E-state index contributed by atoms with van der Waals surface area (Å²) in [5.41, 5.74) is 7.38. The molecule has 19 heavy (non-hydrogen) atoms. The SMILES string of the molecule is N#Cc1ccc(COC(=O)Cn2cc(N)cn2)cc1. The van der Waals surface area contributed by atoms with Crippen molar-refractivity contribution in [2.24, 2.45) is 0 Å². The monoisotopic (exact) mass is 256 g/mol. The van der Waals surface area contributed by atoms with E-state index in [4.69, 9.17) is 15.7 Å². The first-order chi connectivity index (χ1) is 9.17. The summed E-state index contributed by atoms with van der Waals surface area (Å²) in [6.07, 6.45) is 3.02. The first-order valence-electron chi connectivity index (χ1n) is 5.60. The number of ether oxygens (including phenoxy) is 1. The fourth-order valence-electron chi connectivity index (χ4n) is 1.48. The average Bonchev–Trinajstić information content (AvgIpc) is 2.82. The van der Waals surface area contributed by atoms with Crippen LogP contribution in [0, 0.1) is 11.3 Å². The number of benzene rings is 1. The molecular weight excluding hydrogens is 244 g/mol. The van der Waals surface area contributed by atoms with E-state index in [-0.39, 0.29) is 13.2 Å². The fourth-order valence-corrected chi connectivity index (χ4v) is 1.48. The van der Waals surface area contributed by atoms with Crippen molar-refractivity contribution in [3.63, 3.8) is 0 Å². The molecule has 0 fully saturated rings. The van der Waals surface area contributed by atoms with Crippen molar-refractivity contribution < 1.29 is 9.53 Å². The third-order valence-electron chi connectivity index (χ3n) is 2.43. The highest BCUT2D eigenvalue weighted by Gasteiger charge is 2.05. The third kappa shape index (κ3) is 3.57. The van der Waals surface area contributed by atoms with Crippen LogP contribution in [-0.2, 0) is 22.7 Å². The molecule has 0 bridgehead atoms. The largest absolute Gasteiger partial charge is 0.459 e. The molecule has 0 saturated carbocycles. The van der Waals surface area contributed by atoms with E-state index in [1.54, 1.807) is 30.5 Å². The minimum absolute atomic E-state index is 0.0213. The van der Waals surface area contributed by atoms with Crippen LogP contribution in [0.5, 0.6) is 0 Å². The number of nitrogen functional groups attached to an aromatic ring is 1. The predicted molar refractivity (Wildman–Crippen MR) is 67.6 cm³/mol. The molecule has 0 amide bonds. The lowest BCUT2D eigenvalue weighted by Crippen LogP contribution is -2.13. The van der Waals surface area contributed by atoms with E-state index in [9.17, 15) is 4.79 Å². The zero-order valence-electron chi connectivity index (χ0n) is 10.1. The maximum Gasteiger partial charge on any atom is 0.328 e. The van der Waals surface area contributed by atoms with Gasteiger partial charge >= 0.3 is 5.97 Å². The van der Waals surface area contributed by atoms with E-state index in [1.807, 2.05) is 6.07 Å². The van der Waals surface area contributed by atoms with E-state index < -0.39 is 5.97 Å². The summed E-state index contributed by atoms with van der Waals surface area (Å²) in [6.45, 7) is 0.189. The first-order valence-corrected chi connectivity index (χ1v) is 5.60. The van der Waals surface area contributed by atoms with Crippen LogP contribution >= 0.6 is 0 Å². The smallest absolute Gasteiger partial charge is 0.328 e. The van der Waals surface area contributed by atoms with E-state index in [0.717, 1.165) is 5.56 Å². The molecule has 2 aromatic rings. The van der Waals surface area contributed by atoms with Crippen LogP contribution in [0.25, 0.3) is 0 Å². The molecule has 96 valence electrons. The molecule has 0 aliphatic carbocycles. The van der Waals surface area contributed by atoms with Gasteiger partial charge in [-0.05, 0) is 17.7 Å². The molecular formula is C13H12N4O2. The number of nitriles is 1. The van der Waals surface area contributed by atoms with Crippen LogP contribution in [-0.4, -0.2) is 15.7 Å². The molecule has 6 heteroatoms. The number of hydrogen-bond donors (Lipinski definition) is 1. The Morgan fingerprint density at radius 3 is 2.74 bits per heavy atom. The van der Waals surface area contributed by atoms with Crippen LogP contribution in [0.15, 0.2) is 36.7 Å². The number of aromatic nitrogens is 2. The van der Waals surface area contributed by atoms with Gasteiger partial charge in [-0.3, -0.25) is 9.48 Å². The highest BCUT2D eigenvalue weighted by atomic mass is 16.5. The Labute approximate surface area is 110 Å². The highest BCUT2D eigenvalue weighted by molar-refractivity contribution is 5.69.